The lowest BCUT2D eigenvalue weighted by molar-refractivity contribution is -0.157. The van der Waals surface area contributed by atoms with Gasteiger partial charge in [0.25, 0.3) is 0 Å². The van der Waals surface area contributed by atoms with E-state index in [2.05, 4.69) is 16.6 Å². The van der Waals surface area contributed by atoms with Gasteiger partial charge in [-0.15, -0.1) is 6.42 Å². The Labute approximate surface area is 224 Å². The number of anilines is 1. The Kier molecular flexibility index (Phi) is 7.07. The van der Waals surface area contributed by atoms with Gasteiger partial charge in [-0.25, -0.2) is 9.80 Å². The van der Waals surface area contributed by atoms with Crippen molar-refractivity contribution >= 4 is 35.3 Å². The number of benzene rings is 2. The van der Waals surface area contributed by atoms with Gasteiger partial charge in [0, 0.05) is 24.9 Å². The number of nitrogens with zero attached hydrogens (tertiary/aromatic N) is 4. The van der Waals surface area contributed by atoms with Gasteiger partial charge in [-0.05, 0) is 29.3 Å². The number of phenols is 1. The van der Waals surface area contributed by atoms with E-state index in [0.29, 0.717) is 6.54 Å². The Hall–Kier alpha value is -3.92. The number of amides is 4. The highest BCUT2D eigenvalue weighted by molar-refractivity contribution is 8.00. The van der Waals surface area contributed by atoms with Crippen molar-refractivity contribution in [1.29, 1.82) is 0 Å². The molecule has 11 nitrogen and oxygen atoms in total. The van der Waals surface area contributed by atoms with Crippen molar-refractivity contribution in [3.63, 3.8) is 0 Å². The second-order valence-electron chi connectivity index (χ2n) is 9.27. The summed E-state index contributed by atoms with van der Waals surface area (Å²) in [5, 5.41) is 18.5. The van der Waals surface area contributed by atoms with Gasteiger partial charge in [0.15, 0.2) is 0 Å². The summed E-state index contributed by atoms with van der Waals surface area (Å²) in [6, 6.07) is 11.2. The quantitative estimate of drug-likeness (QED) is 0.399. The van der Waals surface area contributed by atoms with Gasteiger partial charge < -0.3 is 31.3 Å². The molecule has 0 radical (unpaired) electrons. The van der Waals surface area contributed by atoms with Crippen LogP contribution in [0.3, 0.4) is 0 Å². The van der Waals surface area contributed by atoms with Gasteiger partial charge in [-0.3, -0.25) is 9.59 Å². The number of phenolic OH excluding ortho intramolecular Hbond substituents is 1. The molecule has 5 N–H and O–H groups in total. The first kappa shape index (κ1) is 25.7. The highest BCUT2D eigenvalue weighted by Crippen LogP contribution is 2.40. The Morgan fingerprint density at radius 1 is 1.29 bits per heavy atom. The van der Waals surface area contributed by atoms with Gasteiger partial charge in [-0.1, -0.05) is 41.9 Å². The average Bonchev–Trinajstić information content (AvgIpc) is 3.45. The van der Waals surface area contributed by atoms with E-state index in [0.717, 1.165) is 21.7 Å². The van der Waals surface area contributed by atoms with Crippen LogP contribution in [0.4, 0.5) is 10.5 Å². The number of nitrogens with one attached hydrogen (secondary N) is 2. The molecule has 4 amide bonds. The lowest BCUT2D eigenvalue weighted by atomic mass is 9.99. The first-order valence-corrected chi connectivity index (χ1v) is 13.1. The maximum atomic E-state index is 13.9. The topological polar surface area (TPSA) is 134 Å². The van der Waals surface area contributed by atoms with Crippen LogP contribution in [-0.4, -0.2) is 87.2 Å². The maximum absolute atomic E-state index is 13.9. The lowest BCUT2D eigenvalue weighted by Crippen LogP contribution is -2.66. The molecule has 0 aromatic heterocycles. The second-order valence-corrected chi connectivity index (χ2v) is 10.5. The van der Waals surface area contributed by atoms with Crippen LogP contribution in [0.25, 0.3) is 0 Å². The molecule has 3 atom stereocenters. The van der Waals surface area contributed by atoms with Crippen LogP contribution in [0.15, 0.2) is 47.4 Å². The number of thioether (sulfide) groups is 1. The molecular formula is C26H29N7O4S. The number of fused-ring (bicyclic) bond motifs is 2. The third-order valence-corrected chi connectivity index (χ3v) is 7.91. The molecule has 12 heteroatoms. The highest BCUT2D eigenvalue weighted by atomic mass is 32.2. The van der Waals surface area contributed by atoms with Gasteiger partial charge in [0.1, 0.15) is 23.5 Å². The zero-order valence-electron chi connectivity index (χ0n) is 20.8. The fourth-order valence-electron chi connectivity index (χ4n) is 5.22. The van der Waals surface area contributed by atoms with Crippen molar-refractivity contribution in [2.45, 2.75) is 35.6 Å². The lowest BCUT2D eigenvalue weighted by Gasteiger charge is -2.46. The molecule has 2 fully saturated rings. The molecule has 2 aromatic carbocycles. The Bertz CT molecular complexity index is 1300. The van der Waals surface area contributed by atoms with E-state index in [1.165, 1.54) is 23.8 Å². The van der Waals surface area contributed by atoms with Gasteiger partial charge >= 0.3 is 6.03 Å². The summed E-state index contributed by atoms with van der Waals surface area (Å²) in [6.07, 6.45) is 5.22. The largest absolute Gasteiger partial charge is 0.508 e. The van der Waals surface area contributed by atoms with E-state index in [-0.39, 0.29) is 49.1 Å². The highest BCUT2D eigenvalue weighted by Gasteiger charge is 2.52. The van der Waals surface area contributed by atoms with Crippen LogP contribution in [-0.2, 0) is 22.6 Å². The minimum atomic E-state index is -0.797. The van der Waals surface area contributed by atoms with Crippen LogP contribution in [0, 0.1) is 12.3 Å². The van der Waals surface area contributed by atoms with Crippen molar-refractivity contribution in [3.05, 3.63) is 53.6 Å². The van der Waals surface area contributed by atoms with Gasteiger partial charge in [-0.2, -0.15) is 5.01 Å². The summed E-state index contributed by atoms with van der Waals surface area (Å²) in [6.45, 7) is 0.382. The molecule has 3 heterocycles. The van der Waals surface area contributed by atoms with Crippen LogP contribution in [0.1, 0.15) is 11.1 Å². The van der Waals surface area contributed by atoms with E-state index in [9.17, 15) is 19.5 Å². The first-order chi connectivity index (χ1) is 18.3. The number of rotatable bonds is 6. The van der Waals surface area contributed by atoms with E-state index < -0.39 is 18.2 Å². The summed E-state index contributed by atoms with van der Waals surface area (Å²) >= 11 is 1.51. The number of piperazine rings is 1. The number of carbonyl (C=O) groups excluding carboxylic acids is 3. The normalized spacial score (nSPS) is 22.5. The molecule has 0 spiro atoms. The number of hydrazine groups is 1. The van der Waals surface area contributed by atoms with Crippen molar-refractivity contribution in [1.82, 2.24) is 25.1 Å². The molecule has 38 heavy (non-hydrogen) atoms. The number of aromatic hydroxyl groups is 1. The Balaban J connectivity index is 1.50. The monoisotopic (exact) mass is 535 g/mol. The van der Waals surface area contributed by atoms with Crippen LogP contribution in [0.5, 0.6) is 5.75 Å². The maximum Gasteiger partial charge on any atom is 0.332 e. The summed E-state index contributed by atoms with van der Waals surface area (Å²) in [4.78, 5) is 44.3. The van der Waals surface area contributed by atoms with Crippen LogP contribution in [0.2, 0.25) is 0 Å². The Morgan fingerprint density at radius 2 is 2.05 bits per heavy atom. The molecule has 5 rings (SSSR count). The van der Waals surface area contributed by atoms with Crippen molar-refractivity contribution in [3.8, 4) is 18.1 Å². The molecular weight excluding hydrogens is 506 g/mol. The fraction of sp³-hybridized carbons (Fsp3) is 0.346. The third kappa shape index (κ3) is 4.71. The smallest absolute Gasteiger partial charge is 0.332 e. The predicted octanol–water partition coefficient (Wildman–Crippen LogP) is 0.766. The zero-order chi connectivity index (χ0) is 27.0. The third-order valence-electron chi connectivity index (χ3n) is 6.95. The number of nitrogens with two attached hydrogens (primary N) is 1. The summed E-state index contributed by atoms with van der Waals surface area (Å²) in [7, 11) is 1.50. The number of terminal acetylenes is 1. The second kappa shape index (κ2) is 10.4. The Morgan fingerprint density at radius 3 is 2.76 bits per heavy atom. The molecule has 0 aliphatic carbocycles. The van der Waals surface area contributed by atoms with E-state index in [1.54, 1.807) is 39.1 Å². The van der Waals surface area contributed by atoms with Crippen molar-refractivity contribution in [2.75, 3.05) is 32.0 Å². The number of urea groups is 1. The van der Waals surface area contributed by atoms with Crippen LogP contribution < -0.4 is 16.4 Å². The zero-order valence-corrected chi connectivity index (χ0v) is 21.6. The predicted molar refractivity (Wildman–Crippen MR) is 142 cm³/mol. The van der Waals surface area contributed by atoms with Crippen molar-refractivity contribution in [2.24, 2.45) is 5.73 Å². The summed E-state index contributed by atoms with van der Waals surface area (Å²) < 4.78 is 0. The molecule has 198 valence electrons. The van der Waals surface area contributed by atoms with Gasteiger partial charge in [0.2, 0.25) is 11.8 Å². The molecule has 3 aliphatic heterocycles. The molecule has 0 bridgehead atoms. The number of hydrogen-bond donors (Lipinski definition) is 4. The standard InChI is InChI=1S/C26H29N7O4S/c1-3-11-31(26(37)28-2)32-15-22(35)33-19(12-16-7-9-18(34)10-8-16)24(36)30(14-21(32)33)13-17-5-4-6-20-23(17)29-25(27)38-20/h1,4-10,19,21,25,29,34H,11-15,27H2,2H3,(H,28,37)/t19-,21+,25?/m0/s1. The fourth-order valence-corrected chi connectivity index (χ4v) is 6.14. The summed E-state index contributed by atoms with van der Waals surface area (Å²) in [5.74, 6) is 2.14. The number of hydrogen-bond acceptors (Lipinski definition) is 8. The number of para-hydroxylation sites is 1. The van der Waals surface area contributed by atoms with E-state index >= 15 is 0 Å². The molecule has 2 aromatic rings. The summed E-state index contributed by atoms with van der Waals surface area (Å²) in [5.41, 5.74) is 8.42. The molecule has 2 saturated heterocycles. The van der Waals surface area contributed by atoms with E-state index in [1.807, 2.05) is 18.2 Å². The molecule has 1 unspecified atom stereocenters. The van der Waals surface area contributed by atoms with Crippen LogP contribution >= 0.6 is 11.8 Å². The molecule has 0 saturated carbocycles. The van der Waals surface area contributed by atoms with E-state index in [4.69, 9.17) is 12.2 Å². The number of carbonyl (C=O) groups is 3. The SMILES string of the molecule is C#CCN(C(=O)NC)N1CC(=O)N2[C@@H](Cc3ccc(O)cc3)C(=O)N(Cc3cccc4c3NC(N)S4)C[C@@H]21. The minimum Gasteiger partial charge on any atom is -0.508 e. The average molecular weight is 536 g/mol. The molecule has 3 aliphatic rings. The van der Waals surface area contributed by atoms with Gasteiger partial charge in [0.05, 0.1) is 25.3 Å². The van der Waals surface area contributed by atoms with Crippen molar-refractivity contribution < 1.29 is 19.5 Å². The minimum absolute atomic E-state index is 0.0287. The first-order valence-electron chi connectivity index (χ1n) is 12.2.